The Morgan fingerprint density at radius 2 is 2.12 bits per heavy atom. The van der Waals surface area contributed by atoms with Crippen LogP contribution in [-0.2, 0) is 7.05 Å². The highest BCUT2D eigenvalue weighted by molar-refractivity contribution is 9.10. The SMILES string of the molecule is Cc1cnc(C(N)c2c(Br)nnn2C)c(C)c1. The van der Waals surface area contributed by atoms with E-state index < -0.39 is 0 Å². The van der Waals surface area contributed by atoms with Crippen molar-refractivity contribution in [2.75, 3.05) is 0 Å². The van der Waals surface area contributed by atoms with Crippen LogP contribution in [0.1, 0.15) is 28.6 Å². The first-order valence-electron chi connectivity index (χ1n) is 5.24. The maximum Gasteiger partial charge on any atom is 0.153 e. The Bertz CT molecular complexity index is 529. The van der Waals surface area contributed by atoms with Crippen molar-refractivity contribution in [2.45, 2.75) is 19.9 Å². The molecule has 1 atom stereocenters. The average molecular weight is 296 g/mol. The average Bonchev–Trinajstić information content (AvgIpc) is 2.58. The fourth-order valence-electron chi connectivity index (χ4n) is 1.85. The maximum absolute atomic E-state index is 6.22. The minimum absolute atomic E-state index is 0.329. The molecule has 0 bridgehead atoms. The number of hydrogen-bond acceptors (Lipinski definition) is 4. The van der Waals surface area contributed by atoms with Crippen molar-refractivity contribution in [3.63, 3.8) is 0 Å². The van der Waals surface area contributed by atoms with E-state index in [4.69, 9.17) is 5.73 Å². The van der Waals surface area contributed by atoms with Gasteiger partial charge in [0.15, 0.2) is 4.60 Å². The van der Waals surface area contributed by atoms with Crippen LogP contribution in [0.2, 0.25) is 0 Å². The van der Waals surface area contributed by atoms with Crippen molar-refractivity contribution in [1.29, 1.82) is 0 Å². The van der Waals surface area contributed by atoms with Crippen LogP contribution in [0.15, 0.2) is 16.9 Å². The largest absolute Gasteiger partial charge is 0.318 e. The van der Waals surface area contributed by atoms with Crippen molar-refractivity contribution < 1.29 is 0 Å². The van der Waals surface area contributed by atoms with Crippen LogP contribution in [0, 0.1) is 13.8 Å². The number of aromatic nitrogens is 4. The molecule has 2 heterocycles. The van der Waals surface area contributed by atoms with E-state index in [0.717, 1.165) is 22.5 Å². The van der Waals surface area contributed by atoms with Crippen LogP contribution in [0.25, 0.3) is 0 Å². The zero-order chi connectivity index (χ0) is 12.6. The number of rotatable bonds is 2. The molecule has 2 rings (SSSR count). The molecule has 2 aromatic heterocycles. The van der Waals surface area contributed by atoms with E-state index in [9.17, 15) is 0 Å². The fourth-order valence-corrected chi connectivity index (χ4v) is 2.42. The smallest absolute Gasteiger partial charge is 0.153 e. The molecule has 0 saturated carbocycles. The van der Waals surface area contributed by atoms with Gasteiger partial charge in [0.2, 0.25) is 0 Å². The van der Waals surface area contributed by atoms with Crippen molar-refractivity contribution in [1.82, 2.24) is 20.0 Å². The van der Waals surface area contributed by atoms with Gasteiger partial charge in [-0.15, -0.1) is 5.10 Å². The normalized spacial score (nSPS) is 12.8. The summed E-state index contributed by atoms with van der Waals surface area (Å²) in [4.78, 5) is 4.40. The van der Waals surface area contributed by atoms with Crippen molar-refractivity contribution in [2.24, 2.45) is 12.8 Å². The van der Waals surface area contributed by atoms with Gasteiger partial charge in [0, 0.05) is 13.2 Å². The summed E-state index contributed by atoms with van der Waals surface area (Å²) in [6, 6.07) is 1.74. The molecule has 90 valence electrons. The first-order valence-corrected chi connectivity index (χ1v) is 6.03. The highest BCUT2D eigenvalue weighted by Gasteiger charge is 2.20. The summed E-state index contributed by atoms with van der Waals surface area (Å²) in [7, 11) is 1.82. The highest BCUT2D eigenvalue weighted by Crippen LogP contribution is 2.25. The van der Waals surface area contributed by atoms with Crippen molar-refractivity contribution in [3.8, 4) is 0 Å². The molecule has 5 nitrogen and oxygen atoms in total. The molecular weight excluding hydrogens is 282 g/mol. The minimum atomic E-state index is -0.329. The molecule has 0 saturated heterocycles. The molecule has 0 fully saturated rings. The second-order valence-electron chi connectivity index (χ2n) is 4.08. The summed E-state index contributed by atoms with van der Waals surface area (Å²) in [5.41, 5.74) is 10.1. The molecule has 0 aliphatic heterocycles. The van der Waals surface area contributed by atoms with Gasteiger partial charge >= 0.3 is 0 Å². The van der Waals surface area contributed by atoms with Crippen LogP contribution in [0.3, 0.4) is 0 Å². The van der Waals surface area contributed by atoms with E-state index in [2.05, 4.69) is 37.3 Å². The quantitative estimate of drug-likeness (QED) is 0.914. The molecule has 0 aliphatic carbocycles. The number of nitrogens with two attached hydrogens (primary N) is 1. The van der Waals surface area contributed by atoms with Crippen LogP contribution in [0.4, 0.5) is 0 Å². The number of hydrogen-bond donors (Lipinski definition) is 1. The van der Waals surface area contributed by atoms with E-state index in [0.29, 0.717) is 4.60 Å². The van der Waals surface area contributed by atoms with Crippen LogP contribution < -0.4 is 5.73 Å². The predicted molar refractivity (Wildman–Crippen MR) is 68.4 cm³/mol. The lowest BCUT2D eigenvalue weighted by molar-refractivity contribution is 0.642. The number of pyridine rings is 1. The maximum atomic E-state index is 6.22. The van der Waals surface area contributed by atoms with Crippen LogP contribution in [-0.4, -0.2) is 20.0 Å². The van der Waals surface area contributed by atoms with Crippen LogP contribution in [0.5, 0.6) is 0 Å². The summed E-state index contributed by atoms with van der Waals surface area (Å²) in [6.45, 7) is 4.02. The monoisotopic (exact) mass is 295 g/mol. The standard InChI is InChI=1S/C11H14BrN5/c1-6-4-7(2)9(14-5-6)8(13)10-11(12)15-16-17(10)3/h4-5,8H,13H2,1-3H3. The summed E-state index contributed by atoms with van der Waals surface area (Å²) in [6.07, 6.45) is 1.82. The number of halogens is 1. The Balaban J connectivity index is 2.47. The third-order valence-corrected chi connectivity index (χ3v) is 3.24. The zero-order valence-electron chi connectivity index (χ0n) is 9.98. The predicted octanol–water partition coefficient (Wildman–Crippen LogP) is 1.64. The molecule has 0 radical (unpaired) electrons. The van der Waals surface area contributed by atoms with E-state index in [1.54, 1.807) is 4.68 Å². The Kier molecular flexibility index (Phi) is 3.26. The zero-order valence-corrected chi connectivity index (χ0v) is 11.6. The van der Waals surface area contributed by atoms with Gasteiger partial charge in [0.1, 0.15) is 0 Å². The molecule has 2 N–H and O–H groups in total. The molecule has 17 heavy (non-hydrogen) atoms. The summed E-state index contributed by atoms with van der Waals surface area (Å²) < 4.78 is 2.32. The lowest BCUT2D eigenvalue weighted by Gasteiger charge is -2.14. The summed E-state index contributed by atoms with van der Waals surface area (Å²) in [5, 5.41) is 7.85. The fraction of sp³-hybridized carbons (Fsp3) is 0.364. The van der Waals surface area contributed by atoms with Gasteiger partial charge < -0.3 is 5.73 Å². The Hall–Kier alpha value is -1.27. The lowest BCUT2D eigenvalue weighted by Crippen LogP contribution is -2.19. The van der Waals surface area contributed by atoms with Gasteiger partial charge in [-0.05, 0) is 40.9 Å². The van der Waals surface area contributed by atoms with Crippen molar-refractivity contribution >= 4 is 15.9 Å². The molecule has 0 aliphatic rings. The van der Waals surface area contributed by atoms with E-state index in [1.165, 1.54) is 0 Å². The summed E-state index contributed by atoms with van der Waals surface area (Å²) in [5.74, 6) is 0. The van der Waals surface area contributed by atoms with Gasteiger partial charge in [0.25, 0.3) is 0 Å². The summed E-state index contributed by atoms with van der Waals surface area (Å²) >= 11 is 3.35. The molecule has 1 unspecified atom stereocenters. The van der Waals surface area contributed by atoms with E-state index in [1.807, 2.05) is 27.1 Å². The second kappa shape index (κ2) is 4.54. The second-order valence-corrected chi connectivity index (χ2v) is 4.83. The van der Waals surface area contributed by atoms with Gasteiger partial charge in [-0.2, -0.15) is 0 Å². The molecular formula is C11H14BrN5. The molecule has 6 heteroatoms. The number of aryl methyl sites for hydroxylation is 3. The van der Waals surface area contributed by atoms with Gasteiger partial charge in [-0.1, -0.05) is 11.3 Å². The first kappa shape index (κ1) is 12.2. The highest BCUT2D eigenvalue weighted by atomic mass is 79.9. The number of nitrogens with zero attached hydrogens (tertiary/aromatic N) is 4. The molecule has 0 spiro atoms. The van der Waals surface area contributed by atoms with Crippen molar-refractivity contribution in [3.05, 3.63) is 39.4 Å². The topological polar surface area (TPSA) is 69.6 Å². The van der Waals surface area contributed by atoms with E-state index >= 15 is 0 Å². The van der Waals surface area contributed by atoms with Gasteiger partial charge in [-0.25, -0.2) is 4.68 Å². The lowest BCUT2D eigenvalue weighted by atomic mass is 10.1. The van der Waals surface area contributed by atoms with Gasteiger partial charge in [0.05, 0.1) is 17.4 Å². The van der Waals surface area contributed by atoms with Gasteiger partial charge in [-0.3, -0.25) is 4.98 Å². The minimum Gasteiger partial charge on any atom is -0.318 e. The Labute approximate surface area is 108 Å². The van der Waals surface area contributed by atoms with Crippen LogP contribution >= 0.6 is 15.9 Å². The molecule has 2 aromatic rings. The first-order chi connectivity index (χ1) is 8.00. The Morgan fingerprint density at radius 1 is 1.41 bits per heavy atom. The Morgan fingerprint density at radius 3 is 2.65 bits per heavy atom. The van der Waals surface area contributed by atoms with E-state index in [-0.39, 0.29) is 6.04 Å². The third-order valence-electron chi connectivity index (χ3n) is 2.67. The molecule has 0 aromatic carbocycles. The third kappa shape index (κ3) is 2.23. The molecule has 0 amide bonds.